The lowest BCUT2D eigenvalue weighted by atomic mass is 10.2. The Morgan fingerprint density at radius 2 is 1.87 bits per heavy atom. The summed E-state index contributed by atoms with van der Waals surface area (Å²) < 4.78 is 33.4. The number of nitrogens with one attached hydrogen (secondary N) is 1. The molecule has 2 aromatic carbocycles. The van der Waals surface area contributed by atoms with E-state index in [0.29, 0.717) is 22.0 Å². The van der Waals surface area contributed by atoms with Crippen LogP contribution in [0.4, 0.5) is 11.4 Å². The second kappa shape index (κ2) is 9.13. The van der Waals surface area contributed by atoms with Gasteiger partial charge in [0.2, 0.25) is 0 Å². The van der Waals surface area contributed by atoms with Gasteiger partial charge in [0.1, 0.15) is 5.75 Å². The highest BCUT2D eigenvalue weighted by atomic mass is 35.5. The number of nitrogens with zero attached hydrogens (tertiary/aromatic N) is 2. The molecule has 1 N–H and O–H groups in total. The minimum atomic E-state index is -4.02. The predicted molar refractivity (Wildman–Crippen MR) is 122 cm³/mol. The van der Waals surface area contributed by atoms with Gasteiger partial charge in [-0.2, -0.15) is 0 Å². The van der Waals surface area contributed by atoms with E-state index in [1.54, 1.807) is 38.2 Å². The molecule has 0 unspecified atom stereocenters. The number of rotatable bonds is 6. The fourth-order valence-corrected chi connectivity index (χ4v) is 4.19. The molecular weight excluding hydrogens is 461 g/mol. The van der Waals surface area contributed by atoms with Gasteiger partial charge in [-0.3, -0.25) is 9.52 Å². The van der Waals surface area contributed by atoms with Gasteiger partial charge in [-0.1, -0.05) is 29.3 Å². The molecule has 0 saturated heterocycles. The summed E-state index contributed by atoms with van der Waals surface area (Å²) in [6.45, 7) is 1.69. The minimum Gasteiger partial charge on any atom is -0.497 e. The number of pyridine rings is 1. The molecule has 0 fully saturated rings. The lowest BCUT2D eigenvalue weighted by Gasteiger charge is -2.19. The first-order valence-corrected chi connectivity index (χ1v) is 11.2. The first-order valence-electron chi connectivity index (χ1n) is 8.99. The lowest BCUT2D eigenvalue weighted by molar-refractivity contribution is 0.0989. The molecule has 0 spiro atoms. The van der Waals surface area contributed by atoms with Crippen LogP contribution in [0.5, 0.6) is 5.75 Å². The number of amides is 1. The molecule has 0 aliphatic carbocycles. The molecule has 31 heavy (non-hydrogen) atoms. The van der Waals surface area contributed by atoms with Crippen LogP contribution in [-0.4, -0.2) is 33.5 Å². The Bertz CT molecular complexity index is 1250. The highest BCUT2D eigenvalue weighted by molar-refractivity contribution is 7.92. The number of sulfonamides is 1. The standard InChI is InChI=1S/C21H19Cl2N3O4S/c1-13-9-17(7-8-18(13)23)31(28,29)25-19-10-14(22)12-24-20(19)21(27)26(2)15-5-4-6-16(11-15)30-3/h4-12,25H,1-3H3. The Kier molecular flexibility index (Phi) is 6.74. The maximum absolute atomic E-state index is 13.1. The summed E-state index contributed by atoms with van der Waals surface area (Å²) in [5.41, 5.74) is 0.995. The molecule has 162 valence electrons. The van der Waals surface area contributed by atoms with Crippen molar-refractivity contribution in [1.29, 1.82) is 0 Å². The van der Waals surface area contributed by atoms with Crippen LogP contribution in [0.3, 0.4) is 0 Å². The van der Waals surface area contributed by atoms with E-state index in [0.717, 1.165) is 0 Å². The molecule has 1 aromatic heterocycles. The van der Waals surface area contributed by atoms with Gasteiger partial charge < -0.3 is 9.64 Å². The van der Waals surface area contributed by atoms with E-state index in [1.807, 2.05) is 0 Å². The summed E-state index contributed by atoms with van der Waals surface area (Å²) in [6.07, 6.45) is 1.28. The third kappa shape index (κ3) is 5.10. The number of methoxy groups -OCH3 is 1. The summed E-state index contributed by atoms with van der Waals surface area (Å²) in [4.78, 5) is 18.5. The third-order valence-electron chi connectivity index (χ3n) is 4.49. The van der Waals surface area contributed by atoms with E-state index >= 15 is 0 Å². The van der Waals surface area contributed by atoms with Crippen LogP contribution in [0.15, 0.2) is 59.6 Å². The van der Waals surface area contributed by atoms with Crippen LogP contribution in [0.25, 0.3) is 0 Å². The number of benzene rings is 2. The van der Waals surface area contributed by atoms with Crippen molar-refractivity contribution in [3.63, 3.8) is 0 Å². The Labute approximate surface area is 190 Å². The first kappa shape index (κ1) is 22.9. The average Bonchev–Trinajstić information content (AvgIpc) is 2.74. The monoisotopic (exact) mass is 479 g/mol. The predicted octanol–water partition coefficient (Wildman–Crippen LogP) is 4.78. The van der Waals surface area contributed by atoms with Gasteiger partial charge in [0, 0.05) is 30.0 Å². The van der Waals surface area contributed by atoms with Gasteiger partial charge in [0.05, 0.1) is 22.7 Å². The second-order valence-electron chi connectivity index (χ2n) is 6.63. The summed E-state index contributed by atoms with van der Waals surface area (Å²) in [6, 6.07) is 12.5. The number of hydrogen-bond acceptors (Lipinski definition) is 5. The first-order chi connectivity index (χ1) is 14.6. The zero-order chi connectivity index (χ0) is 22.8. The fourth-order valence-electron chi connectivity index (χ4n) is 2.77. The zero-order valence-corrected chi connectivity index (χ0v) is 19.2. The summed E-state index contributed by atoms with van der Waals surface area (Å²) >= 11 is 12.0. The molecule has 7 nitrogen and oxygen atoms in total. The van der Waals surface area contributed by atoms with E-state index in [2.05, 4.69) is 9.71 Å². The smallest absolute Gasteiger partial charge is 0.278 e. The van der Waals surface area contributed by atoms with Crippen LogP contribution >= 0.6 is 23.2 Å². The van der Waals surface area contributed by atoms with Crippen LogP contribution in [0.1, 0.15) is 16.1 Å². The zero-order valence-electron chi connectivity index (χ0n) is 16.9. The number of hydrogen-bond donors (Lipinski definition) is 1. The van der Waals surface area contributed by atoms with Crippen molar-refractivity contribution in [2.24, 2.45) is 0 Å². The quantitative estimate of drug-likeness (QED) is 0.549. The molecule has 10 heteroatoms. The van der Waals surface area contributed by atoms with Gasteiger partial charge in [0.15, 0.2) is 5.69 Å². The van der Waals surface area contributed by atoms with Crippen molar-refractivity contribution >= 4 is 50.5 Å². The number of aryl methyl sites for hydroxylation is 1. The minimum absolute atomic E-state index is 0.00563. The molecule has 1 amide bonds. The highest BCUT2D eigenvalue weighted by Crippen LogP contribution is 2.27. The Morgan fingerprint density at radius 1 is 1.13 bits per heavy atom. The maximum Gasteiger partial charge on any atom is 0.278 e. The molecule has 3 rings (SSSR count). The lowest BCUT2D eigenvalue weighted by Crippen LogP contribution is -2.28. The third-order valence-corrected chi connectivity index (χ3v) is 6.48. The van der Waals surface area contributed by atoms with Gasteiger partial charge in [-0.25, -0.2) is 13.4 Å². The Morgan fingerprint density at radius 3 is 2.55 bits per heavy atom. The van der Waals surface area contributed by atoms with Gasteiger partial charge in [-0.15, -0.1) is 0 Å². The largest absolute Gasteiger partial charge is 0.497 e. The second-order valence-corrected chi connectivity index (χ2v) is 9.16. The van der Waals surface area contributed by atoms with Crippen molar-refractivity contribution in [2.45, 2.75) is 11.8 Å². The number of anilines is 2. The van der Waals surface area contributed by atoms with Crippen LogP contribution in [0, 0.1) is 6.92 Å². The molecule has 0 bridgehead atoms. The van der Waals surface area contributed by atoms with E-state index in [-0.39, 0.29) is 21.3 Å². The number of carbonyl (C=O) groups is 1. The summed E-state index contributed by atoms with van der Waals surface area (Å²) in [5, 5.41) is 0.615. The van der Waals surface area contributed by atoms with Crippen molar-refractivity contribution in [2.75, 3.05) is 23.8 Å². The van der Waals surface area contributed by atoms with Crippen LogP contribution < -0.4 is 14.4 Å². The highest BCUT2D eigenvalue weighted by Gasteiger charge is 2.24. The van der Waals surface area contributed by atoms with E-state index in [9.17, 15) is 13.2 Å². The van der Waals surface area contributed by atoms with E-state index < -0.39 is 15.9 Å². The molecule has 0 saturated carbocycles. The van der Waals surface area contributed by atoms with Crippen molar-refractivity contribution in [1.82, 2.24) is 4.98 Å². The van der Waals surface area contributed by atoms with Crippen molar-refractivity contribution < 1.29 is 17.9 Å². The number of aromatic nitrogens is 1. The molecule has 0 aliphatic heterocycles. The molecule has 0 radical (unpaired) electrons. The van der Waals surface area contributed by atoms with Crippen molar-refractivity contribution in [3.8, 4) is 5.75 Å². The van der Waals surface area contributed by atoms with E-state index in [4.69, 9.17) is 27.9 Å². The molecule has 0 aliphatic rings. The SMILES string of the molecule is COc1cccc(N(C)C(=O)c2ncc(Cl)cc2NS(=O)(=O)c2ccc(Cl)c(C)c2)c1. The van der Waals surface area contributed by atoms with Crippen LogP contribution in [-0.2, 0) is 10.0 Å². The molecule has 1 heterocycles. The normalized spacial score (nSPS) is 11.1. The average molecular weight is 480 g/mol. The molecule has 0 atom stereocenters. The Balaban J connectivity index is 1.98. The number of carbonyl (C=O) groups excluding carboxylic acids is 1. The van der Waals surface area contributed by atoms with Gasteiger partial charge in [0.25, 0.3) is 15.9 Å². The maximum atomic E-state index is 13.1. The number of ether oxygens (including phenoxy) is 1. The summed E-state index contributed by atoms with van der Waals surface area (Å²) in [5.74, 6) is 0.0372. The van der Waals surface area contributed by atoms with Crippen molar-refractivity contribution in [3.05, 3.63) is 76.0 Å². The number of halogens is 2. The van der Waals surface area contributed by atoms with Gasteiger partial charge >= 0.3 is 0 Å². The van der Waals surface area contributed by atoms with Gasteiger partial charge in [-0.05, 0) is 48.9 Å². The molecular formula is C21H19Cl2N3O4S. The summed E-state index contributed by atoms with van der Waals surface area (Å²) in [7, 11) is -0.954. The fraction of sp³-hybridized carbons (Fsp3) is 0.143. The topological polar surface area (TPSA) is 88.6 Å². The Hall–Kier alpha value is -2.81. The van der Waals surface area contributed by atoms with Crippen LogP contribution in [0.2, 0.25) is 10.0 Å². The van der Waals surface area contributed by atoms with E-state index in [1.165, 1.54) is 42.5 Å². The molecule has 3 aromatic rings.